The molecule has 0 aromatic rings. The summed E-state index contributed by atoms with van der Waals surface area (Å²) in [5.41, 5.74) is 0. The summed E-state index contributed by atoms with van der Waals surface area (Å²) in [7, 11) is 0. The molecule has 110 valence electrons. The molecule has 0 aliphatic carbocycles. The van der Waals surface area contributed by atoms with Gasteiger partial charge in [0.25, 0.3) is 0 Å². The Bertz CT molecular complexity index is 303. The molecule has 1 heterocycles. The van der Waals surface area contributed by atoms with Gasteiger partial charge in [0.2, 0.25) is 5.91 Å². The maximum absolute atomic E-state index is 11.8. The summed E-state index contributed by atoms with van der Waals surface area (Å²) in [6.07, 6.45) is 2.23. The molecule has 1 aliphatic rings. The number of likely N-dealkylation sites (N-methyl/N-ethyl adjacent to an activating group) is 1. The number of ether oxygens (including phenoxy) is 1. The largest absolute Gasteiger partial charge is 0.481 e. The summed E-state index contributed by atoms with van der Waals surface area (Å²) < 4.78 is 5.43. The number of carbonyl (C=O) groups excluding carboxylic acids is 1. The van der Waals surface area contributed by atoms with E-state index in [0.717, 1.165) is 19.4 Å². The fourth-order valence-corrected chi connectivity index (χ4v) is 2.23. The van der Waals surface area contributed by atoms with Crippen LogP contribution in [0.1, 0.15) is 33.1 Å². The second-order valence-corrected chi connectivity index (χ2v) is 4.95. The summed E-state index contributed by atoms with van der Waals surface area (Å²) in [6.45, 7) is 5.96. The van der Waals surface area contributed by atoms with Crippen LogP contribution in [0.25, 0.3) is 0 Å². The summed E-state index contributed by atoms with van der Waals surface area (Å²) in [5.74, 6) is -0.916. The van der Waals surface area contributed by atoms with Crippen molar-refractivity contribution in [3.63, 3.8) is 0 Å². The van der Waals surface area contributed by atoms with Crippen LogP contribution in [0.4, 0.5) is 0 Å². The van der Waals surface area contributed by atoms with E-state index in [4.69, 9.17) is 9.84 Å². The Morgan fingerprint density at radius 3 is 2.79 bits per heavy atom. The van der Waals surface area contributed by atoms with Crippen LogP contribution in [0.3, 0.4) is 0 Å². The Morgan fingerprint density at radius 1 is 1.53 bits per heavy atom. The third-order valence-corrected chi connectivity index (χ3v) is 3.40. The predicted molar refractivity (Wildman–Crippen MR) is 70.9 cm³/mol. The van der Waals surface area contributed by atoms with Crippen LogP contribution in [0.15, 0.2) is 0 Å². The van der Waals surface area contributed by atoms with Crippen LogP contribution < -0.4 is 5.32 Å². The van der Waals surface area contributed by atoms with Crippen molar-refractivity contribution in [3.8, 4) is 0 Å². The molecule has 19 heavy (non-hydrogen) atoms. The predicted octanol–water partition coefficient (Wildman–Crippen LogP) is 0.467. The van der Waals surface area contributed by atoms with Crippen molar-refractivity contribution >= 4 is 11.9 Å². The fourth-order valence-electron chi connectivity index (χ4n) is 2.23. The number of carboxylic acid groups (broad SMARTS) is 1. The number of rotatable bonds is 8. The van der Waals surface area contributed by atoms with E-state index in [1.807, 2.05) is 18.7 Å². The van der Waals surface area contributed by atoms with Gasteiger partial charge in [0.1, 0.15) is 0 Å². The van der Waals surface area contributed by atoms with Crippen molar-refractivity contribution in [1.29, 1.82) is 0 Å². The smallest absolute Gasteiger partial charge is 0.304 e. The topological polar surface area (TPSA) is 78.9 Å². The number of aliphatic carboxylic acids is 1. The van der Waals surface area contributed by atoms with Gasteiger partial charge in [0, 0.05) is 19.2 Å². The molecule has 1 rings (SSSR count). The minimum absolute atomic E-state index is 0.0485. The maximum atomic E-state index is 11.8. The van der Waals surface area contributed by atoms with Gasteiger partial charge >= 0.3 is 5.97 Å². The first-order chi connectivity index (χ1) is 9.02. The Morgan fingerprint density at radius 2 is 2.26 bits per heavy atom. The van der Waals surface area contributed by atoms with Crippen molar-refractivity contribution in [3.05, 3.63) is 0 Å². The lowest BCUT2D eigenvalue weighted by Crippen LogP contribution is -2.44. The van der Waals surface area contributed by atoms with Gasteiger partial charge in [-0.05, 0) is 26.3 Å². The first-order valence-corrected chi connectivity index (χ1v) is 6.87. The van der Waals surface area contributed by atoms with Gasteiger partial charge < -0.3 is 15.2 Å². The van der Waals surface area contributed by atoms with Crippen molar-refractivity contribution in [2.24, 2.45) is 0 Å². The van der Waals surface area contributed by atoms with E-state index >= 15 is 0 Å². The molecule has 1 aliphatic heterocycles. The maximum Gasteiger partial charge on any atom is 0.304 e. The number of nitrogens with one attached hydrogen (secondary N) is 1. The van der Waals surface area contributed by atoms with Crippen LogP contribution in [0.2, 0.25) is 0 Å². The van der Waals surface area contributed by atoms with Gasteiger partial charge in [0.15, 0.2) is 0 Å². The van der Waals surface area contributed by atoms with E-state index < -0.39 is 5.97 Å². The molecule has 0 aromatic carbocycles. The lowest BCUT2D eigenvalue weighted by Gasteiger charge is -2.26. The van der Waals surface area contributed by atoms with Crippen molar-refractivity contribution < 1.29 is 19.4 Å². The average molecular weight is 272 g/mol. The van der Waals surface area contributed by atoms with Crippen LogP contribution >= 0.6 is 0 Å². The molecule has 2 atom stereocenters. The molecule has 0 spiro atoms. The average Bonchev–Trinajstić information content (AvgIpc) is 2.85. The van der Waals surface area contributed by atoms with Crippen LogP contribution in [-0.2, 0) is 14.3 Å². The molecule has 0 bridgehead atoms. The molecule has 1 fully saturated rings. The SMILES string of the molecule is CCN(CC(=O)NCC1CCCO1)C(C)CC(=O)O. The van der Waals surface area contributed by atoms with Crippen LogP contribution in [-0.4, -0.2) is 60.3 Å². The van der Waals surface area contributed by atoms with Crippen molar-refractivity contribution in [2.75, 3.05) is 26.2 Å². The highest BCUT2D eigenvalue weighted by Gasteiger charge is 2.20. The molecule has 1 saturated heterocycles. The Labute approximate surface area is 114 Å². The standard InChI is InChI=1S/C13H24N2O4/c1-3-15(10(2)7-13(17)18)9-12(16)14-8-11-5-4-6-19-11/h10-11H,3-9H2,1-2H3,(H,14,16)(H,17,18). The molecule has 2 N–H and O–H groups in total. The summed E-state index contributed by atoms with van der Waals surface area (Å²) >= 11 is 0. The molecule has 0 saturated carbocycles. The monoisotopic (exact) mass is 272 g/mol. The first kappa shape index (κ1) is 15.9. The number of carboxylic acids is 1. The zero-order valence-corrected chi connectivity index (χ0v) is 11.7. The minimum Gasteiger partial charge on any atom is -0.481 e. The molecule has 1 amide bonds. The van der Waals surface area contributed by atoms with Crippen LogP contribution in [0.5, 0.6) is 0 Å². The third-order valence-electron chi connectivity index (χ3n) is 3.40. The van der Waals surface area contributed by atoms with Crippen molar-refractivity contribution in [2.45, 2.75) is 45.3 Å². The van der Waals surface area contributed by atoms with Gasteiger partial charge in [-0.3, -0.25) is 14.5 Å². The summed E-state index contributed by atoms with van der Waals surface area (Å²) in [4.78, 5) is 24.3. The lowest BCUT2D eigenvalue weighted by atomic mass is 10.2. The second-order valence-electron chi connectivity index (χ2n) is 4.95. The Kier molecular flexibility index (Phi) is 6.80. The number of amides is 1. The fraction of sp³-hybridized carbons (Fsp3) is 0.846. The molecule has 0 radical (unpaired) electrons. The minimum atomic E-state index is -0.842. The molecular formula is C13H24N2O4. The van der Waals surface area contributed by atoms with E-state index in [1.165, 1.54) is 0 Å². The lowest BCUT2D eigenvalue weighted by molar-refractivity contribution is -0.138. The highest BCUT2D eigenvalue weighted by molar-refractivity contribution is 5.78. The highest BCUT2D eigenvalue weighted by Crippen LogP contribution is 2.10. The van der Waals surface area contributed by atoms with E-state index in [-0.39, 0.29) is 31.0 Å². The van der Waals surface area contributed by atoms with E-state index in [2.05, 4.69) is 5.32 Å². The van der Waals surface area contributed by atoms with Gasteiger partial charge in [-0.25, -0.2) is 0 Å². The van der Waals surface area contributed by atoms with Gasteiger partial charge in [0.05, 0.1) is 19.1 Å². The highest BCUT2D eigenvalue weighted by atomic mass is 16.5. The number of hydrogen-bond acceptors (Lipinski definition) is 4. The summed E-state index contributed by atoms with van der Waals surface area (Å²) in [6, 6.07) is -0.143. The van der Waals surface area contributed by atoms with Gasteiger partial charge in [-0.1, -0.05) is 6.92 Å². The van der Waals surface area contributed by atoms with Crippen LogP contribution in [0, 0.1) is 0 Å². The zero-order chi connectivity index (χ0) is 14.3. The molecule has 6 nitrogen and oxygen atoms in total. The Hall–Kier alpha value is -1.14. The Balaban J connectivity index is 2.28. The van der Waals surface area contributed by atoms with Gasteiger partial charge in [-0.15, -0.1) is 0 Å². The van der Waals surface area contributed by atoms with Gasteiger partial charge in [-0.2, -0.15) is 0 Å². The molecule has 6 heteroatoms. The third kappa shape index (κ3) is 6.02. The van der Waals surface area contributed by atoms with E-state index in [0.29, 0.717) is 13.1 Å². The first-order valence-electron chi connectivity index (χ1n) is 6.87. The molecule has 2 unspecified atom stereocenters. The second kappa shape index (κ2) is 8.12. The normalized spacial score (nSPS) is 20.5. The van der Waals surface area contributed by atoms with E-state index in [1.54, 1.807) is 0 Å². The number of hydrogen-bond donors (Lipinski definition) is 2. The zero-order valence-electron chi connectivity index (χ0n) is 11.7. The number of nitrogens with zero attached hydrogens (tertiary/aromatic N) is 1. The van der Waals surface area contributed by atoms with Crippen molar-refractivity contribution in [1.82, 2.24) is 10.2 Å². The van der Waals surface area contributed by atoms with E-state index in [9.17, 15) is 9.59 Å². The molecular weight excluding hydrogens is 248 g/mol. The quantitative estimate of drug-likeness (QED) is 0.671. The number of carbonyl (C=O) groups is 2. The molecule has 0 aromatic heterocycles. The summed E-state index contributed by atoms with van der Waals surface area (Å²) in [5, 5.41) is 11.6.